The van der Waals surface area contributed by atoms with Crippen LogP contribution in [0, 0.1) is 13.8 Å². The number of hydrogen-bond acceptors (Lipinski definition) is 5. The summed E-state index contributed by atoms with van der Waals surface area (Å²) in [6.07, 6.45) is 2.68. The number of rotatable bonds is 7. The highest BCUT2D eigenvalue weighted by Crippen LogP contribution is 2.32. The fourth-order valence-electron chi connectivity index (χ4n) is 2.97. The van der Waals surface area contributed by atoms with Crippen LogP contribution in [0.3, 0.4) is 0 Å². The highest BCUT2D eigenvalue weighted by molar-refractivity contribution is 8.18. The van der Waals surface area contributed by atoms with E-state index < -0.39 is 17.1 Å². The van der Waals surface area contributed by atoms with Crippen LogP contribution < -0.4 is 10.1 Å². The van der Waals surface area contributed by atoms with E-state index in [1.165, 1.54) is 0 Å². The molecule has 162 valence electrons. The van der Waals surface area contributed by atoms with Crippen molar-refractivity contribution >= 4 is 40.6 Å². The number of aryl methyl sites for hydroxylation is 1. The normalized spacial score (nSPS) is 16.0. The number of carbonyl (C=O) groups excluding carboxylic acids is 3. The van der Waals surface area contributed by atoms with Gasteiger partial charge in [0.2, 0.25) is 5.91 Å². The van der Waals surface area contributed by atoms with Crippen molar-refractivity contribution in [2.75, 3.05) is 11.9 Å². The Morgan fingerprint density at radius 1 is 1.16 bits per heavy atom. The number of imide groups is 1. The van der Waals surface area contributed by atoms with Crippen molar-refractivity contribution in [1.82, 2.24) is 4.90 Å². The third-order valence-electron chi connectivity index (χ3n) is 5.14. The van der Waals surface area contributed by atoms with Gasteiger partial charge in [0.25, 0.3) is 11.1 Å². The summed E-state index contributed by atoms with van der Waals surface area (Å²) in [5.74, 6) is -0.127. The van der Waals surface area contributed by atoms with Gasteiger partial charge in [-0.3, -0.25) is 19.3 Å². The van der Waals surface area contributed by atoms with Gasteiger partial charge >= 0.3 is 0 Å². The van der Waals surface area contributed by atoms with Crippen LogP contribution in [0.2, 0.25) is 0 Å². The van der Waals surface area contributed by atoms with Crippen molar-refractivity contribution < 1.29 is 19.1 Å². The molecule has 0 aromatic heterocycles. The zero-order valence-electron chi connectivity index (χ0n) is 18.1. The molecule has 0 saturated carbocycles. The number of carbonyl (C=O) groups is 3. The SMILES string of the molecule is CC[C@H](C)Oc1ccc(/C=C2\SC(=O)N(CC(=O)Nc3cccc(C)c3C)C2=O)cc1. The van der Waals surface area contributed by atoms with Crippen LogP contribution in [-0.2, 0) is 9.59 Å². The summed E-state index contributed by atoms with van der Waals surface area (Å²) in [6.45, 7) is 7.59. The second-order valence-corrected chi connectivity index (χ2v) is 8.46. The molecular formula is C24H26N2O4S. The van der Waals surface area contributed by atoms with E-state index >= 15 is 0 Å². The summed E-state index contributed by atoms with van der Waals surface area (Å²) in [5.41, 5.74) is 3.45. The number of ether oxygens (including phenoxy) is 1. The largest absolute Gasteiger partial charge is 0.491 e. The van der Waals surface area contributed by atoms with E-state index in [1.54, 1.807) is 12.1 Å². The number of nitrogens with one attached hydrogen (secondary N) is 1. The summed E-state index contributed by atoms with van der Waals surface area (Å²) in [5, 5.41) is 2.33. The molecule has 6 nitrogen and oxygen atoms in total. The Morgan fingerprint density at radius 2 is 1.87 bits per heavy atom. The number of hydrogen-bond donors (Lipinski definition) is 1. The molecule has 2 aromatic carbocycles. The van der Waals surface area contributed by atoms with Crippen molar-refractivity contribution in [3.05, 3.63) is 64.1 Å². The summed E-state index contributed by atoms with van der Waals surface area (Å²) >= 11 is 0.836. The van der Waals surface area contributed by atoms with Crippen LogP contribution in [-0.4, -0.2) is 34.6 Å². The Hall–Kier alpha value is -3.06. The molecule has 1 atom stereocenters. The predicted molar refractivity (Wildman–Crippen MR) is 124 cm³/mol. The van der Waals surface area contributed by atoms with E-state index in [2.05, 4.69) is 12.2 Å². The first-order valence-electron chi connectivity index (χ1n) is 10.2. The molecule has 7 heteroatoms. The molecule has 2 aromatic rings. The van der Waals surface area contributed by atoms with Gasteiger partial charge in [0.1, 0.15) is 12.3 Å². The maximum atomic E-state index is 12.7. The van der Waals surface area contributed by atoms with E-state index in [9.17, 15) is 14.4 Å². The van der Waals surface area contributed by atoms with Crippen LogP contribution in [0.25, 0.3) is 6.08 Å². The maximum absolute atomic E-state index is 12.7. The van der Waals surface area contributed by atoms with Crippen LogP contribution in [0.5, 0.6) is 5.75 Å². The van der Waals surface area contributed by atoms with Crippen molar-refractivity contribution in [3.63, 3.8) is 0 Å². The van der Waals surface area contributed by atoms with Crippen LogP contribution in [0.1, 0.15) is 37.0 Å². The monoisotopic (exact) mass is 438 g/mol. The van der Waals surface area contributed by atoms with Gasteiger partial charge in [-0.1, -0.05) is 31.2 Å². The maximum Gasteiger partial charge on any atom is 0.294 e. The van der Waals surface area contributed by atoms with Crippen molar-refractivity contribution in [2.45, 2.75) is 40.2 Å². The van der Waals surface area contributed by atoms with Crippen LogP contribution in [0.15, 0.2) is 47.4 Å². The average Bonchev–Trinajstić information content (AvgIpc) is 3.00. The van der Waals surface area contributed by atoms with Gasteiger partial charge in [0.05, 0.1) is 11.0 Å². The lowest BCUT2D eigenvalue weighted by atomic mass is 10.1. The molecule has 3 rings (SSSR count). The number of anilines is 1. The average molecular weight is 439 g/mol. The lowest BCUT2D eigenvalue weighted by Gasteiger charge is -2.14. The van der Waals surface area contributed by atoms with Crippen molar-refractivity contribution in [2.24, 2.45) is 0 Å². The molecule has 0 spiro atoms. The fraction of sp³-hybridized carbons (Fsp3) is 0.292. The van der Waals surface area contributed by atoms with Gasteiger partial charge in [-0.2, -0.15) is 0 Å². The Kier molecular flexibility index (Phi) is 7.17. The molecule has 1 saturated heterocycles. The molecule has 0 aliphatic carbocycles. The lowest BCUT2D eigenvalue weighted by Crippen LogP contribution is -2.36. The Morgan fingerprint density at radius 3 is 2.55 bits per heavy atom. The molecule has 0 radical (unpaired) electrons. The molecule has 0 bridgehead atoms. The number of nitrogens with zero attached hydrogens (tertiary/aromatic N) is 1. The molecule has 0 unspecified atom stereocenters. The van der Waals surface area contributed by atoms with Gasteiger partial charge in [-0.15, -0.1) is 0 Å². The van der Waals surface area contributed by atoms with Crippen LogP contribution in [0.4, 0.5) is 10.5 Å². The number of benzene rings is 2. The summed E-state index contributed by atoms with van der Waals surface area (Å²) in [4.78, 5) is 38.7. The Bertz CT molecular complexity index is 1030. The minimum absolute atomic E-state index is 0.122. The zero-order chi connectivity index (χ0) is 22.5. The minimum Gasteiger partial charge on any atom is -0.491 e. The van der Waals surface area contributed by atoms with Crippen LogP contribution >= 0.6 is 11.8 Å². The topological polar surface area (TPSA) is 75.7 Å². The van der Waals surface area contributed by atoms with Gasteiger partial charge in [-0.25, -0.2) is 0 Å². The van der Waals surface area contributed by atoms with Gasteiger partial charge in [0.15, 0.2) is 0 Å². The van der Waals surface area contributed by atoms with E-state index in [-0.39, 0.29) is 12.6 Å². The Labute approximate surface area is 186 Å². The highest BCUT2D eigenvalue weighted by Gasteiger charge is 2.36. The number of thioether (sulfide) groups is 1. The Balaban J connectivity index is 1.66. The molecule has 1 fully saturated rings. The molecule has 1 aliphatic rings. The number of amides is 3. The lowest BCUT2D eigenvalue weighted by molar-refractivity contribution is -0.127. The third kappa shape index (κ3) is 5.55. The van der Waals surface area contributed by atoms with Crippen molar-refractivity contribution in [1.29, 1.82) is 0 Å². The fourth-order valence-corrected chi connectivity index (χ4v) is 3.80. The molecular weight excluding hydrogens is 412 g/mol. The predicted octanol–water partition coefficient (Wildman–Crippen LogP) is 5.16. The molecule has 1 N–H and O–H groups in total. The first-order chi connectivity index (χ1) is 14.8. The molecule has 1 aliphatic heterocycles. The standard InChI is InChI=1S/C24H26N2O4S/c1-5-16(3)30-19-11-9-18(10-12-19)13-21-23(28)26(24(29)31-21)14-22(27)25-20-8-6-7-15(2)17(20)4/h6-13,16H,5,14H2,1-4H3,(H,25,27)/b21-13-/t16-/m0/s1. The first kappa shape index (κ1) is 22.6. The van der Waals surface area contributed by atoms with Gasteiger partial charge < -0.3 is 10.1 Å². The van der Waals surface area contributed by atoms with E-state index in [0.29, 0.717) is 10.6 Å². The van der Waals surface area contributed by atoms with E-state index in [1.807, 2.05) is 57.2 Å². The minimum atomic E-state index is -0.467. The van der Waals surface area contributed by atoms with Gasteiger partial charge in [0, 0.05) is 5.69 Å². The van der Waals surface area contributed by atoms with Crippen molar-refractivity contribution in [3.8, 4) is 5.75 Å². The second kappa shape index (κ2) is 9.83. The summed E-state index contributed by atoms with van der Waals surface area (Å²) in [6, 6.07) is 12.9. The summed E-state index contributed by atoms with van der Waals surface area (Å²) in [7, 11) is 0. The first-order valence-corrected chi connectivity index (χ1v) is 11.0. The molecule has 31 heavy (non-hydrogen) atoms. The summed E-state index contributed by atoms with van der Waals surface area (Å²) < 4.78 is 5.75. The van der Waals surface area contributed by atoms with E-state index in [0.717, 1.165) is 45.5 Å². The molecule has 3 amide bonds. The third-order valence-corrected chi connectivity index (χ3v) is 6.05. The highest BCUT2D eigenvalue weighted by atomic mass is 32.2. The van der Waals surface area contributed by atoms with E-state index in [4.69, 9.17) is 4.74 Å². The zero-order valence-corrected chi connectivity index (χ0v) is 18.9. The van der Waals surface area contributed by atoms with Gasteiger partial charge in [-0.05, 0) is 79.9 Å². The quantitative estimate of drug-likeness (QED) is 0.605. The molecule has 1 heterocycles. The smallest absolute Gasteiger partial charge is 0.294 e. The second-order valence-electron chi connectivity index (χ2n) is 7.47.